The molecular formula is C17H23N3O5. The predicted octanol–water partition coefficient (Wildman–Crippen LogP) is 2.42. The Labute approximate surface area is 145 Å². The van der Waals surface area contributed by atoms with Crippen molar-refractivity contribution in [3.8, 4) is 0 Å². The maximum absolute atomic E-state index is 12.1. The summed E-state index contributed by atoms with van der Waals surface area (Å²) in [5.74, 6) is -0.668. The van der Waals surface area contributed by atoms with Crippen LogP contribution in [0.5, 0.6) is 0 Å². The molecular weight excluding hydrogens is 326 g/mol. The fourth-order valence-corrected chi connectivity index (χ4v) is 2.91. The molecule has 8 heteroatoms. The zero-order valence-electron chi connectivity index (χ0n) is 14.2. The minimum atomic E-state index is -0.967. The van der Waals surface area contributed by atoms with Gasteiger partial charge in [-0.15, -0.1) is 0 Å². The highest BCUT2D eigenvalue weighted by atomic mass is 16.6. The molecule has 2 rings (SSSR count). The molecule has 0 radical (unpaired) electrons. The second-order valence-electron chi connectivity index (χ2n) is 6.33. The van der Waals surface area contributed by atoms with Crippen LogP contribution in [0.4, 0.5) is 11.4 Å². The molecule has 3 N–H and O–H groups in total. The molecule has 1 aliphatic rings. The Balaban J connectivity index is 1.88. The second kappa shape index (κ2) is 8.46. The van der Waals surface area contributed by atoms with Crippen molar-refractivity contribution in [2.75, 3.05) is 12.3 Å². The number of non-ortho nitro benzene ring substituents is 1. The first-order chi connectivity index (χ1) is 11.9. The van der Waals surface area contributed by atoms with Crippen LogP contribution in [-0.2, 0) is 9.53 Å². The van der Waals surface area contributed by atoms with Gasteiger partial charge in [-0.1, -0.05) is 19.3 Å². The number of nitrogens with one attached hydrogen (secondary N) is 1. The van der Waals surface area contributed by atoms with E-state index in [9.17, 15) is 19.7 Å². The molecule has 1 aliphatic carbocycles. The van der Waals surface area contributed by atoms with E-state index in [1.807, 2.05) is 0 Å². The molecule has 1 saturated carbocycles. The zero-order chi connectivity index (χ0) is 18.4. The highest BCUT2D eigenvalue weighted by Crippen LogP contribution is 2.23. The van der Waals surface area contributed by atoms with Gasteiger partial charge in [0.1, 0.15) is 0 Å². The van der Waals surface area contributed by atoms with Gasteiger partial charge in [-0.3, -0.25) is 14.9 Å². The van der Waals surface area contributed by atoms with Gasteiger partial charge in [-0.25, -0.2) is 4.79 Å². The third-order valence-corrected chi connectivity index (χ3v) is 4.41. The smallest absolute Gasteiger partial charge is 0.341 e. The van der Waals surface area contributed by atoms with Crippen molar-refractivity contribution in [2.24, 2.45) is 5.92 Å². The summed E-state index contributed by atoms with van der Waals surface area (Å²) in [7, 11) is 0. The van der Waals surface area contributed by atoms with Gasteiger partial charge < -0.3 is 15.8 Å². The summed E-state index contributed by atoms with van der Waals surface area (Å²) < 4.78 is 5.12. The highest BCUT2D eigenvalue weighted by Gasteiger charge is 2.22. The lowest BCUT2D eigenvalue weighted by atomic mass is 9.89. The third-order valence-electron chi connectivity index (χ3n) is 4.41. The lowest BCUT2D eigenvalue weighted by Crippen LogP contribution is -2.38. The first-order valence-corrected chi connectivity index (χ1v) is 8.41. The second-order valence-corrected chi connectivity index (χ2v) is 6.33. The van der Waals surface area contributed by atoms with Gasteiger partial charge in [0.05, 0.1) is 16.2 Å². The number of carbonyl (C=O) groups excluding carboxylic acids is 2. The van der Waals surface area contributed by atoms with Crippen molar-refractivity contribution in [1.29, 1.82) is 0 Å². The number of ether oxygens (including phenoxy) is 1. The van der Waals surface area contributed by atoms with Crippen molar-refractivity contribution >= 4 is 23.3 Å². The van der Waals surface area contributed by atoms with E-state index in [0.717, 1.165) is 18.9 Å². The number of nitrogens with two attached hydrogens (primary N) is 1. The number of hydrogen-bond acceptors (Lipinski definition) is 6. The van der Waals surface area contributed by atoms with Crippen LogP contribution in [0.25, 0.3) is 0 Å². The first-order valence-electron chi connectivity index (χ1n) is 8.41. The van der Waals surface area contributed by atoms with E-state index in [4.69, 9.17) is 10.5 Å². The van der Waals surface area contributed by atoms with Gasteiger partial charge in [0, 0.05) is 18.7 Å². The number of nitrogens with zero attached hydrogens (tertiary/aromatic N) is 1. The van der Waals surface area contributed by atoms with E-state index in [-0.39, 0.29) is 22.8 Å². The number of nitrogen functional groups attached to an aromatic ring is 1. The Morgan fingerprint density at radius 2 is 2.04 bits per heavy atom. The first kappa shape index (κ1) is 18.7. The summed E-state index contributed by atoms with van der Waals surface area (Å²) in [6.45, 7) is 2.07. The summed E-state index contributed by atoms with van der Waals surface area (Å²) in [6, 6.07) is 3.48. The van der Waals surface area contributed by atoms with Crippen molar-refractivity contribution < 1.29 is 19.2 Å². The van der Waals surface area contributed by atoms with Crippen LogP contribution >= 0.6 is 0 Å². The molecule has 1 aromatic rings. The molecule has 0 unspecified atom stereocenters. The molecule has 1 fully saturated rings. The van der Waals surface area contributed by atoms with E-state index >= 15 is 0 Å². The zero-order valence-corrected chi connectivity index (χ0v) is 14.2. The Kier molecular flexibility index (Phi) is 6.32. The fourth-order valence-electron chi connectivity index (χ4n) is 2.91. The van der Waals surface area contributed by atoms with Crippen LogP contribution in [0.2, 0.25) is 0 Å². The number of carbonyl (C=O) groups is 2. The number of nitro benzene ring substituents is 1. The van der Waals surface area contributed by atoms with E-state index in [2.05, 4.69) is 5.32 Å². The van der Waals surface area contributed by atoms with Crippen LogP contribution in [-0.4, -0.2) is 29.4 Å². The van der Waals surface area contributed by atoms with Crippen LogP contribution < -0.4 is 11.1 Å². The van der Waals surface area contributed by atoms with Crippen LogP contribution in [0.15, 0.2) is 18.2 Å². The maximum Gasteiger partial charge on any atom is 0.341 e. The largest absolute Gasteiger partial charge is 0.449 e. The Morgan fingerprint density at radius 3 is 2.64 bits per heavy atom. The fraction of sp³-hybridized carbons (Fsp3) is 0.529. The molecule has 136 valence electrons. The quantitative estimate of drug-likeness (QED) is 0.352. The third kappa shape index (κ3) is 5.17. The molecule has 1 atom stereocenters. The normalized spacial score (nSPS) is 16.0. The molecule has 0 bridgehead atoms. The lowest BCUT2D eigenvalue weighted by Gasteiger charge is -2.22. The van der Waals surface area contributed by atoms with Gasteiger partial charge in [0.25, 0.3) is 11.6 Å². The van der Waals surface area contributed by atoms with Crippen LogP contribution in [0.1, 0.15) is 49.4 Å². The summed E-state index contributed by atoms with van der Waals surface area (Å²) in [5, 5.41) is 13.5. The Bertz CT molecular complexity index is 656. The monoisotopic (exact) mass is 349 g/mol. The molecule has 8 nitrogen and oxygen atoms in total. The number of anilines is 1. The number of hydrogen-bond donors (Lipinski definition) is 2. The number of benzene rings is 1. The molecule has 1 amide bonds. The number of nitro groups is 1. The summed E-state index contributed by atoms with van der Waals surface area (Å²) in [5.41, 5.74) is 5.38. The maximum atomic E-state index is 12.1. The molecule has 0 aliphatic heterocycles. The molecule has 25 heavy (non-hydrogen) atoms. The lowest BCUT2D eigenvalue weighted by molar-refractivity contribution is -0.384. The number of amides is 1. The minimum absolute atomic E-state index is 0.00229. The van der Waals surface area contributed by atoms with E-state index in [1.165, 1.54) is 38.3 Å². The van der Waals surface area contributed by atoms with Crippen LogP contribution in [0, 0.1) is 16.0 Å². The van der Waals surface area contributed by atoms with E-state index in [1.54, 1.807) is 0 Å². The van der Waals surface area contributed by atoms with Crippen molar-refractivity contribution in [1.82, 2.24) is 5.32 Å². The average Bonchev–Trinajstić information content (AvgIpc) is 2.60. The van der Waals surface area contributed by atoms with Crippen LogP contribution in [0.3, 0.4) is 0 Å². The minimum Gasteiger partial charge on any atom is -0.449 e. The van der Waals surface area contributed by atoms with Gasteiger partial charge in [0.15, 0.2) is 6.10 Å². The molecule has 0 aromatic heterocycles. The van der Waals surface area contributed by atoms with Crippen molar-refractivity contribution in [2.45, 2.75) is 45.1 Å². The molecule has 0 spiro atoms. The highest BCUT2D eigenvalue weighted by molar-refractivity contribution is 5.97. The predicted molar refractivity (Wildman–Crippen MR) is 92.0 cm³/mol. The van der Waals surface area contributed by atoms with Gasteiger partial charge >= 0.3 is 5.97 Å². The summed E-state index contributed by atoms with van der Waals surface area (Å²) >= 11 is 0. The topological polar surface area (TPSA) is 125 Å². The average molecular weight is 349 g/mol. The van der Waals surface area contributed by atoms with Gasteiger partial charge in [-0.2, -0.15) is 0 Å². The molecule has 0 heterocycles. The Hall–Kier alpha value is -2.64. The van der Waals surface area contributed by atoms with Gasteiger partial charge in [0.2, 0.25) is 0 Å². The summed E-state index contributed by atoms with van der Waals surface area (Å²) in [6.07, 6.45) is 4.86. The van der Waals surface area contributed by atoms with Crippen molar-refractivity contribution in [3.63, 3.8) is 0 Å². The molecule has 1 aromatic carbocycles. The SMILES string of the molecule is C[C@H](OC(=O)c1ccc([N+](=O)[O-])cc1N)C(=O)NCC1CCCCC1. The Morgan fingerprint density at radius 1 is 1.36 bits per heavy atom. The van der Waals surface area contributed by atoms with Crippen molar-refractivity contribution in [3.05, 3.63) is 33.9 Å². The van der Waals surface area contributed by atoms with E-state index < -0.39 is 17.0 Å². The number of esters is 1. The number of rotatable bonds is 6. The standard InChI is InChI=1S/C17H23N3O5/c1-11(16(21)19-10-12-5-3-2-4-6-12)25-17(22)14-8-7-13(20(23)24)9-15(14)18/h7-9,11-12H,2-6,10,18H2,1H3,(H,19,21)/t11-/m0/s1. The van der Waals surface area contributed by atoms with E-state index in [0.29, 0.717) is 12.5 Å². The van der Waals surface area contributed by atoms with Gasteiger partial charge in [-0.05, 0) is 31.7 Å². The summed E-state index contributed by atoms with van der Waals surface area (Å²) in [4.78, 5) is 34.3. The molecule has 0 saturated heterocycles.